The van der Waals surface area contributed by atoms with Crippen LogP contribution in [0.3, 0.4) is 0 Å². The molecular formula is C10H12N6O2. The highest BCUT2D eigenvalue weighted by Gasteiger charge is 2.27. The second-order valence-electron chi connectivity index (χ2n) is 4.25. The highest BCUT2D eigenvalue weighted by atomic mass is 16.2. The van der Waals surface area contributed by atoms with Crippen LogP contribution in [-0.4, -0.2) is 40.3 Å². The van der Waals surface area contributed by atoms with Gasteiger partial charge in [-0.25, -0.2) is 5.10 Å². The van der Waals surface area contributed by atoms with Crippen LogP contribution in [0.4, 0.5) is 11.4 Å². The van der Waals surface area contributed by atoms with Gasteiger partial charge in [0.25, 0.3) is 10.9 Å². The lowest BCUT2D eigenvalue weighted by Crippen LogP contribution is -2.42. The van der Waals surface area contributed by atoms with E-state index in [4.69, 9.17) is 0 Å². The molecule has 94 valence electrons. The Morgan fingerprint density at radius 3 is 2.94 bits per heavy atom. The fraction of sp³-hybridized carbons (Fsp3) is 0.500. The molecule has 1 aromatic carbocycles. The summed E-state index contributed by atoms with van der Waals surface area (Å²) < 4.78 is 0. The average Bonchev–Trinajstić information content (AvgIpc) is 2.82. The smallest absolute Gasteiger partial charge is 0.253 e. The van der Waals surface area contributed by atoms with E-state index in [1.165, 1.54) is 0 Å². The minimum Gasteiger partial charge on any atom is -0.380 e. The number of nitrogens with zero attached hydrogens (tertiary/aromatic N) is 4. The summed E-state index contributed by atoms with van der Waals surface area (Å²) in [5.74, 6) is 0.674. The van der Waals surface area contributed by atoms with Crippen molar-refractivity contribution >= 4 is 11.4 Å². The van der Waals surface area contributed by atoms with E-state index in [2.05, 4.69) is 25.9 Å². The number of anilines is 2. The Morgan fingerprint density at radius 2 is 2.17 bits per heavy atom. The number of nitrogens with one attached hydrogen (secondary N) is 2. The Bertz CT molecular complexity index is 613. The molecule has 1 aromatic heterocycles. The van der Waals surface area contributed by atoms with Gasteiger partial charge < -0.3 is 10.2 Å². The van der Waals surface area contributed by atoms with Crippen LogP contribution in [0.2, 0.25) is 0 Å². The Labute approximate surface area is 102 Å². The average molecular weight is 248 g/mol. The van der Waals surface area contributed by atoms with Gasteiger partial charge in [-0.1, -0.05) is 0 Å². The first-order valence-electron chi connectivity index (χ1n) is 5.82. The van der Waals surface area contributed by atoms with Crippen LogP contribution in [0.1, 0.15) is 12.2 Å². The van der Waals surface area contributed by atoms with Crippen molar-refractivity contribution < 1.29 is 0 Å². The van der Waals surface area contributed by atoms with Crippen molar-refractivity contribution in [2.75, 3.05) is 29.9 Å². The van der Waals surface area contributed by atoms with Gasteiger partial charge in [-0.2, -0.15) is 0 Å². The van der Waals surface area contributed by atoms with Crippen LogP contribution in [0, 0.1) is 0 Å². The van der Waals surface area contributed by atoms with Gasteiger partial charge in [0.2, 0.25) is 0 Å². The zero-order valence-corrected chi connectivity index (χ0v) is 9.64. The van der Waals surface area contributed by atoms with Crippen molar-refractivity contribution in [3.05, 3.63) is 26.3 Å². The quantitative estimate of drug-likeness (QED) is 0.648. The minimum atomic E-state index is -0.404. The third-order valence-electron chi connectivity index (χ3n) is 3.12. The predicted octanol–water partition coefficient (Wildman–Crippen LogP) is -1.34. The fourth-order valence-corrected chi connectivity index (χ4v) is 2.19. The normalized spacial score (nSPS) is 15.2. The van der Waals surface area contributed by atoms with Gasteiger partial charge in [0.05, 0.1) is 0 Å². The van der Waals surface area contributed by atoms with Crippen molar-refractivity contribution in [3.63, 3.8) is 0 Å². The summed E-state index contributed by atoms with van der Waals surface area (Å²) in [6.07, 6.45) is 1.51. The second kappa shape index (κ2) is 4.21. The Kier molecular flexibility index (Phi) is 2.54. The number of fused-ring (bicyclic) bond motifs is 1. The maximum absolute atomic E-state index is 11.6. The summed E-state index contributed by atoms with van der Waals surface area (Å²) >= 11 is 0. The molecule has 0 aliphatic carbocycles. The Morgan fingerprint density at radius 1 is 1.28 bits per heavy atom. The number of hydrogen-bond donors (Lipinski definition) is 2. The van der Waals surface area contributed by atoms with Gasteiger partial charge in [0.1, 0.15) is 17.2 Å². The molecule has 2 N–H and O–H groups in total. The summed E-state index contributed by atoms with van der Waals surface area (Å²) in [7, 11) is 0. The van der Waals surface area contributed by atoms with Crippen LogP contribution in [-0.2, 0) is 6.42 Å². The van der Waals surface area contributed by atoms with Gasteiger partial charge in [-0.3, -0.25) is 9.59 Å². The Balaban J connectivity index is 1.78. The first-order valence-corrected chi connectivity index (χ1v) is 5.82. The molecule has 0 spiro atoms. The van der Waals surface area contributed by atoms with Crippen LogP contribution in [0.5, 0.6) is 0 Å². The SMILES string of the molecule is O=c1c2c(c1=O)N(CCc1nnn[nH]1)CCCN2. The third kappa shape index (κ3) is 1.66. The topological polar surface area (TPSA) is 104 Å². The molecule has 0 fully saturated rings. The molecule has 18 heavy (non-hydrogen) atoms. The first-order chi connectivity index (χ1) is 8.77. The summed E-state index contributed by atoms with van der Waals surface area (Å²) in [6, 6.07) is 0. The van der Waals surface area contributed by atoms with E-state index in [1.54, 1.807) is 0 Å². The van der Waals surface area contributed by atoms with Gasteiger partial charge >= 0.3 is 0 Å². The molecule has 0 atom stereocenters. The molecule has 0 saturated heterocycles. The number of aromatic amines is 1. The van der Waals surface area contributed by atoms with E-state index in [9.17, 15) is 9.59 Å². The van der Waals surface area contributed by atoms with Crippen molar-refractivity contribution in [1.29, 1.82) is 0 Å². The van der Waals surface area contributed by atoms with E-state index in [0.717, 1.165) is 19.5 Å². The standard InChI is InChI=1S/C10H12N6O2/c17-9-7-8(10(9)18)16(4-1-3-11-7)5-2-6-12-14-15-13-6/h11H,1-5H2,(H,12,13,14,15). The van der Waals surface area contributed by atoms with Crippen molar-refractivity contribution in [2.24, 2.45) is 0 Å². The molecule has 0 amide bonds. The summed E-state index contributed by atoms with van der Waals surface area (Å²) in [5, 5.41) is 16.5. The molecule has 8 heteroatoms. The summed E-state index contributed by atoms with van der Waals surface area (Å²) in [5.41, 5.74) is 0.187. The molecule has 1 aliphatic rings. The maximum Gasteiger partial charge on any atom is 0.253 e. The largest absolute Gasteiger partial charge is 0.380 e. The van der Waals surface area contributed by atoms with E-state index < -0.39 is 10.9 Å². The molecule has 0 radical (unpaired) electrons. The molecule has 0 saturated carbocycles. The number of rotatable bonds is 3. The second-order valence-corrected chi connectivity index (χ2v) is 4.25. The van der Waals surface area contributed by atoms with E-state index in [1.807, 2.05) is 4.90 Å². The van der Waals surface area contributed by atoms with Gasteiger partial charge in [0.15, 0.2) is 0 Å². The molecule has 8 nitrogen and oxygen atoms in total. The van der Waals surface area contributed by atoms with E-state index in [-0.39, 0.29) is 0 Å². The highest BCUT2D eigenvalue weighted by Crippen LogP contribution is 2.22. The van der Waals surface area contributed by atoms with E-state index in [0.29, 0.717) is 30.2 Å². The van der Waals surface area contributed by atoms with Crippen LogP contribution >= 0.6 is 0 Å². The lowest BCUT2D eigenvalue weighted by atomic mass is 10.1. The molecular weight excluding hydrogens is 236 g/mol. The summed E-state index contributed by atoms with van der Waals surface area (Å²) in [4.78, 5) is 24.9. The predicted molar refractivity (Wildman–Crippen MR) is 64.6 cm³/mol. The molecule has 0 unspecified atom stereocenters. The van der Waals surface area contributed by atoms with Crippen molar-refractivity contribution in [2.45, 2.75) is 12.8 Å². The number of tetrazole rings is 1. The lowest BCUT2D eigenvalue weighted by Gasteiger charge is -2.23. The third-order valence-corrected chi connectivity index (χ3v) is 3.12. The van der Waals surface area contributed by atoms with Crippen LogP contribution in [0.15, 0.2) is 9.59 Å². The number of H-pyrrole nitrogens is 1. The zero-order valence-electron chi connectivity index (χ0n) is 9.64. The highest BCUT2D eigenvalue weighted by molar-refractivity contribution is 5.75. The minimum absolute atomic E-state index is 0.393. The molecule has 3 rings (SSSR count). The monoisotopic (exact) mass is 248 g/mol. The van der Waals surface area contributed by atoms with Gasteiger partial charge in [0, 0.05) is 26.1 Å². The summed E-state index contributed by atoms with van der Waals surface area (Å²) in [6.45, 7) is 2.10. The zero-order chi connectivity index (χ0) is 12.5. The van der Waals surface area contributed by atoms with Crippen molar-refractivity contribution in [3.8, 4) is 0 Å². The first kappa shape index (κ1) is 10.9. The van der Waals surface area contributed by atoms with E-state index >= 15 is 0 Å². The van der Waals surface area contributed by atoms with Crippen LogP contribution < -0.4 is 21.1 Å². The lowest BCUT2D eigenvalue weighted by molar-refractivity contribution is 0.733. The van der Waals surface area contributed by atoms with Crippen molar-refractivity contribution in [1.82, 2.24) is 20.6 Å². The van der Waals surface area contributed by atoms with Crippen LogP contribution in [0.25, 0.3) is 0 Å². The maximum atomic E-state index is 11.6. The Hall–Kier alpha value is -2.25. The fourth-order valence-electron chi connectivity index (χ4n) is 2.19. The molecule has 1 aliphatic heterocycles. The number of aromatic nitrogens is 4. The molecule has 0 bridgehead atoms. The molecule has 2 aromatic rings. The number of hydrogen-bond acceptors (Lipinski definition) is 7. The molecule has 2 heterocycles. The van der Waals surface area contributed by atoms with Gasteiger partial charge in [-0.05, 0) is 16.8 Å². The van der Waals surface area contributed by atoms with Gasteiger partial charge in [-0.15, -0.1) is 5.10 Å².